The topological polar surface area (TPSA) is 109 Å². The van der Waals surface area contributed by atoms with Gasteiger partial charge in [0.05, 0.1) is 5.69 Å². The molecular weight excluding hydrogens is 442 g/mol. The van der Waals surface area contributed by atoms with Crippen molar-refractivity contribution in [2.75, 3.05) is 38.0 Å². The molecule has 4 fully saturated rings. The van der Waals surface area contributed by atoms with Crippen molar-refractivity contribution in [3.8, 4) is 5.69 Å². The van der Waals surface area contributed by atoms with Gasteiger partial charge in [-0.15, -0.1) is 0 Å². The number of rotatable bonds is 6. The van der Waals surface area contributed by atoms with Gasteiger partial charge in [-0.1, -0.05) is 19.1 Å². The first kappa shape index (κ1) is 24.0. The first-order valence-electron chi connectivity index (χ1n) is 12.9. The molecule has 9 heteroatoms. The third-order valence-corrected chi connectivity index (χ3v) is 8.35. The highest BCUT2D eigenvalue weighted by Crippen LogP contribution is 2.49. The van der Waals surface area contributed by atoms with Gasteiger partial charge in [0.25, 0.3) is 0 Å². The molecule has 2 aromatic rings. The van der Waals surface area contributed by atoms with Gasteiger partial charge in [-0.3, -0.25) is 14.8 Å². The molecule has 0 atom stereocenters. The number of fused-ring (bicyclic) bond motifs is 3. The van der Waals surface area contributed by atoms with E-state index in [1.807, 2.05) is 12.1 Å². The van der Waals surface area contributed by atoms with E-state index >= 15 is 0 Å². The monoisotopic (exact) mass is 479 g/mol. The van der Waals surface area contributed by atoms with E-state index in [4.69, 9.17) is 5.73 Å². The summed E-state index contributed by atoms with van der Waals surface area (Å²) in [6, 6.07) is 9.57. The van der Waals surface area contributed by atoms with Crippen molar-refractivity contribution in [1.82, 2.24) is 24.7 Å². The number of urea groups is 1. The first-order valence-corrected chi connectivity index (χ1v) is 12.9. The van der Waals surface area contributed by atoms with Crippen LogP contribution in [0.15, 0.2) is 41.3 Å². The minimum atomic E-state index is -0.417. The number of carbonyl (C=O) groups is 1. The summed E-state index contributed by atoms with van der Waals surface area (Å²) in [7, 11) is 0. The minimum absolute atomic E-state index is 0.0769. The van der Waals surface area contributed by atoms with Crippen LogP contribution in [0.2, 0.25) is 0 Å². The van der Waals surface area contributed by atoms with Gasteiger partial charge in [0.2, 0.25) is 0 Å². The molecule has 4 aliphatic rings. The lowest BCUT2D eigenvalue weighted by molar-refractivity contribution is -0.0241. The van der Waals surface area contributed by atoms with Crippen LogP contribution in [0.25, 0.3) is 5.69 Å². The lowest BCUT2D eigenvalue weighted by Crippen LogP contribution is -2.61. The summed E-state index contributed by atoms with van der Waals surface area (Å²) < 4.78 is 1.50. The number of nitrogens with two attached hydrogens (primary N) is 1. The smallest absolute Gasteiger partial charge is 0.325 e. The summed E-state index contributed by atoms with van der Waals surface area (Å²) in [5.74, 6) is 0.269. The average molecular weight is 480 g/mol. The fourth-order valence-corrected chi connectivity index (χ4v) is 5.99. The maximum Gasteiger partial charge on any atom is 0.354 e. The minimum Gasteiger partial charge on any atom is -0.325 e. The van der Waals surface area contributed by atoms with Crippen molar-refractivity contribution in [3.05, 3.63) is 52.6 Å². The Morgan fingerprint density at radius 1 is 1.09 bits per heavy atom. The van der Waals surface area contributed by atoms with Crippen LogP contribution in [-0.2, 0) is 6.54 Å². The number of hydrogen-bond donors (Lipinski definition) is 3. The average Bonchev–Trinajstić information content (AvgIpc) is 2.89. The van der Waals surface area contributed by atoms with E-state index in [9.17, 15) is 9.59 Å². The van der Waals surface area contributed by atoms with E-state index in [-0.39, 0.29) is 22.9 Å². The molecule has 9 nitrogen and oxygen atoms in total. The van der Waals surface area contributed by atoms with Gasteiger partial charge >= 0.3 is 11.7 Å². The molecule has 35 heavy (non-hydrogen) atoms. The van der Waals surface area contributed by atoms with Crippen LogP contribution in [0, 0.1) is 0 Å². The van der Waals surface area contributed by atoms with Crippen molar-refractivity contribution in [3.63, 3.8) is 0 Å². The van der Waals surface area contributed by atoms with Crippen LogP contribution in [0.4, 0.5) is 10.6 Å². The van der Waals surface area contributed by atoms with Crippen molar-refractivity contribution < 1.29 is 4.79 Å². The Bertz CT molecular complexity index is 1080. The van der Waals surface area contributed by atoms with Gasteiger partial charge in [0.15, 0.2) is 0 Å². The van der Waals surface area contributed by atoms with Crippen LogP contribution >= 0.6 is 0 Å². The third-order valence-electron chi connectivity index (χ3n) is 8.35. The van der Waals surface area contributed by atoms with Gasteiger partial charge in [-0.25, -0.2) is 9.59 Å². The summed E-state index contributed by atoms with van der Waals surface area (Å²) in [5, 5.41) is 5.95. The van der Waals surface area contributed by atoms with Gasteiger partial charge in [0, 0.05) is 50.0 Å². The zero-order chi connectivity index (χ0) is 24.5. The highest BCUT2D eigenvalue weighted by atomic mass is 16.2. The molecule has 0 spiro atoms. The molecule has 2 bridgehead atoms. The van der Waals surface area contributed by atoms with Crippen molar-refractivity contribution in [2.45, 2.75) is 63.1 Å². The summed E-state index contributed by atoms with van der Waals surface area (Å²) in [5.41, 5.74) is 8.46. The zero-order valence-corrected chi connectivity index (χ0v) is 20.6. The van der Waals surface area contributed by atoms with E-state index in [2.05, 4.69) is 39.6 Å². The molecule has 1 saturated heterocycles. The lowest BCUT2D eigenvalue weighted by Gasteiger charge is -2.56. The molecule has 188 valence electrons. The molecule has 3 saturated carbocycles. The normalized spacial score (nSPS) is 26.2. The lowest BCUT2D eigenvalue weighted by atomic mass is 9.61. The number of nitrogens with one attached hydrogen (secondary N) is 2. The molecule has 6 rings (SSSR count). The van der Waals surface area contributed by atoms with Crippen molar-refractivity contribution >= 4 is 11.8 Å². The van der Waals surface area contributed by atoms with Gasteiger partial charge in [-0.2, -0.15) is 4.98 Å². The SMILES string of the molecule is CCN(Cc1ccc(-n2ccc(NC(=O)N3CCNCC3)nc2=O)cc1)C12CCC(N)(CC1)CC2. The van der Waals surface area contributed by atoms with Gasteiger partial charge in [-0.05, 0) is 68.8 Å². The summed E-state index contributed by atoms with van der Waals surface area (Å²) in [4.78, 5) is 33.5. The van der Waals surface area contributed by atoms with Gasteiger partial charge < -0.3 is 16.0 Å². The molecule has 4 N–H and O–H groups in total. The molecule has 0 radical (unpaired) electrons. The maximum absolute atomic E-state index is 12.7. The molecule has 0 unspecified atom stereocenters. The largest absolute Gasteiger partial charge is 0.354 e. The van der Waals surface area contributed by atoms with Gasteiger partial charge in [0.1, 0.15) is 5.82 Å². The number of carbonyl (C=O) groups excluding carboxylic acids is 1. The van der Waals surface area contributed by atoms with Crippen LogP contribution in [0.3, 0.4) is 0 Å². The quantitative estimate of drug-likeness (QED) is 0.587. The number of amides is 2. The van der Waals surface area contributed by atoms with Crippen LogP contribution < -0.4 is 22.1 Å². The fraction of sp³-hybridized carbons (Fsp3) is 0.577. The Hall–Kier alpha value is -2.75. The van der Waals surface area contributed by atoms with Crippen molar-refractivity contribution in [2.24, 2.45) is 5.73 Å². The second-order valence-corrected chi connectivity index (χ2v) is 10.4. The molecular formula is C26H37N7O2. The Labute approximate surface area is 206 Å². The first-order chi connectivity index (χ1) is 16.9. The Morgan fingerprint density at radius 2 is 1.74 bits per heavy atom. The molecule has 1 aliphatic heterocycles. The van der Waals surface area contributed by atoms with E-state index < -0.39 is 5.69 Å². The molecule has 2 heterocycles. The predicted octanol–water partition coefficient (Wildman–Crippen LogP) is 2.30. The fourth-order valence-electron chi connectivity index (χ4n) is 5.99. The summed E-state index contributed by atoms with van der Waals surface area (Å²) >= 11 is 0. The zero-order valence-electron chi connectivity index (χ0n) is 20.6. The van der Waals surface area contributed by atoms with Crippen molar-refractivity contribution in [1.29, 1.82) is 0 Å². The van der Waals surface area contributed by atoms with Crippen LogP contribution in [0.5, 0.6) is 0 Å². The highest BCUT2D eigenvalue weighted by Gasteiger charge is 2.49. The second-order valence-electron chi connectivity index (χ2n) is 10.4. The predicted molar refractivity (Wildman–Crippen MR) is 137 cm³/mol. The Balaban J connectivity index is 1.24. The standard InChI is InChI=1S/C26H37N7O2/c1-2-32(26-11-8-25(27,9-12-26)10-13-26)19-20-3-5-21(6-4-20)33-16-7-22(30-24(33)35)29-23(34)31-17-14-28-15-18-31/h3-7,16,28H,2,8-15,17-19,27H2,1H3,(H,29,30,34,35). The van der Waals surface area contributed by atoms with E-state index in [0.717, 1.165) is 51.1 Å². The number of hydrogen-bond acceptors (Lipinski definition) is 6. The number of benzene rings is 1. The number of piperazine rings is 1. The number of nitrogens with zero attached hydrogens (tertiary/aromatic N) is 4. The summed E-state index contributed by atoms with van der Waals surface area (Å²) in [6.07, 6.45) is 8.62. The Morgan fingerprint density at radius 3 is 2.34 bits per heavy atom. The molecule has 1 aromatic carbocycles. The van der Waals surface area contributed by atoms with E-state index in [0.29, 0.717) is 13.1 Å². The number of aromatic nitrogens is 2. The molecule has 1 aromatic heterocycles. The van der Waals surface area contributed by atoms with E-state index in [1.54, 1.807) is 17.2 Å². The third kappa shape index (κ3) is 4.98. The van der Waals surface area contributed by atoms with Crippen LogP contribution in [-0.4, -0.2) is 69.2 Å². The highest BCUT2D eigenvalue weighted by molar-refractivity contribution is 5.88. The molecule has 3 aliphatic carbocycles. The Kier molecular flexibility index (Phi) is 6.65. The van der Waals surface area contributed by atoms with Crippen LogP contribution in [0.1, 0.15) is 51.0 Å². The maximum atomic E-state index is 12.7. The second kappa shape index (κ2) is 9.72. The van der Waals surface area contributed by atoms with E-state index in [1.165, 1.54) is 29.4 Å². The number of anilines is 1. The summed E-state index contributed by atoms with van der Waals surface area (Å²) in [6.45, 7) is 6.98. The molecule has 2 amide bonds.